The number of nitrogens with one attached hydrogen (secondary N) is 1. The smallest absolute Gasteiger partial charge is 0.231 e. The van der Waals surface area contributed by atoms with Crippen molar-refractivity contribution in [3.63, 3.8) is 0 Å². The quantitative estimate of drug-likeness (QED) is 0.794. The molecule has 1 saturated heterocycles. The van der Waals surface area contributed by atoms with Crippen LogP contribution in [0.4, 0.5) is 5.82 Å². The van der Waals surface area contributed by atoms with Crippen LogP contribution in [0.3, 0.4) is 0 Å². The molecule has 0 unspecified atom stereocenters. The SMILES string of the molecule is CC(C)Cc1noc([C@@H]2CCCN(c3ccc4cc[nH]c4n3)C2)n1. The van der Waals surface area contributed by atoms with Crippen molar-refractivity contribution in [1.29, 1.82) is 0 Å². The largest absolute Gasteiger partial charge is 0.356 e. The monoisotopic (exact) mass is 325 g/mol. The summed E-state index contributed by atoms with van der Waals surface area (Å²) in [6, 6.07) is 6.25. The van der Waals surface area contributed by atoms with Crippen LogP contribution >= 0.6 is 0 Å². The van der Waals surface area contributed by atoms with E-state index in [1.807, 2.05) is 12.3 Å². The highest BCUT2D eigenvalue weighted by Crippen LogP contribution is 2.29. The van der Waals surface area contributed by atoms with Gasteiger partial charge in [0.15, 0.2) is 5.82 Å². The molecule has 0 saturated carbocycles. The van der Waals surface area contributed by atoms with E-state index in [4.69, 9.17) is 9.51 Å². The molecule has 4 rings (SSSR count). The Morgan fingerprint density at radius 3 is 3.08 bits per heavy atom. The summed E-state index contributed by atoms with van der Waals surface area (Å²) in [6.45, 7) is 6.23. The first-order valence-corrected chi connectivity index (χ1v) is 8.70. The highest BCUT2D eigenvalue weighted by Gasteiger charge is 2.27. The molecule has 0 aromatic carbocycles. The topological polar surface area (TPSA) is 70.8 Å². The zero-order chi connectivity index (χ0) is 16.5. The Kier molecular flexibility index (Phi) is 3.96. The molecule has 1 aliphatic rings. The molecule has 6 heteroatoms. The second-order valence-electron chi connectivity index (χ2n) is 7.02. The molecule has 0 amide bonds. The van der Waals surface area contributed by atoms with Crippen molar-refractivity contribution in [2.45, 2.75) is 39.0 Å². The average molecular weight is 325 g/mol. The van der Waals surface area contributed by atoms with Crippen molar-refractivity contribution in [1.82, 2.24) is 20.1 Å². The summed E-state index contributed by atoms with van der Waals surface area (Å²) in [5, 5.41) is 5.28. The van der Waals surface area contributed by atoms with Gasteiger partial charge in [0.2, 0.25) is 5.89 Å². The Morgan fingerprint density at radius 2 is 2.21 bits per heavy atom. The first-order chi connectivity index (χ1) is 11.7. The van der Waals surface area contributed by atoms with Crippen LogP contribution in [0, 0.1) is 5.92 Å². The maximum atomic E-state index is 5.53. The number of anilines is 1. The Morgan fingerprint density at radius 1 is 1.29 bits per heavy atom. The number of aromatic nitrogens is 4. The lowest BCUT2D eigenvalue weighted by Gasteiger charge is -2.31. The fraction of sp³-hybridized carbons (Fsp3) is 0.500. The van der Waals surface area contributed by atoms with E-state index < -0.39 is 0 Å². The Labute approximate surface area is 141 Å². The molecule has 0 bridgehead atoms. The third-order valence-electron chi connectivity index (χ3n) is 4.56. The van der Waals surface area contributed by atoms with E-state index in [-0.39, 0.29) is 5.92 Å². The summed E-state index contributed by atoms with van der Waals surface area (Å²) in [5.41, 5.74) is 0.937. The zero-order valence-corrected chi connectivity index (χ0v) is 14.2. The van der Waals surface area contributed by atoms with E-state index in [1.165, 1.54) is 0 Å². The van der Waals surface area contributed by atoms with Crippen LogP contribution in [0.15, 0.2) is 28.9 Å². The predicted molar refractivity (Wildman–Crippen MR) is 93.1 cm³/mol. The molecule has 24 heavy (non-hydrogen) atoms. The minimum atomic E-state index is 0.285. The molecular weight excluding hydrogens is 302 g/mol. The minimum absolute atomic E-state index is 0.285. The van der Waals surface area contributed by atoms with Gasteiger partial charge < -0.3 is 14.4 Å². The van der Waals surface area contributed by atoms with Crippen molar-refractivity contribution < 1.29 is 4.52 Å². The molecule has 1 N–H and O–H groups in total. The lowest BCUT2D eigenvalue weighted by molar-refractivity contribution is 0.329. The lowest BCUT2D eigenvalue weighted by Crippen LogP contribution is -2.35. The number of hydrogen-bond acceptors (Lipinski definition) is 5. The van der Waals surface area contributed by atoms with E-state index in [9.17, 15) is 0 Å². The molecule has 126 valence electrons. The van der Waals surface area contributed by atoms with Crippen LogP contribution in [-0.2, 0) is 6.42 Å². The van der Waals surface area contributed by atoms with Gasteiger partial charge in [0, 0.05) is 31.1 Å². The van der Waals surface area contributed by atoms with E-state index in [0.717, 1.165) is 60.9 Å². The standard InChI is InChI=1S/C18H23N5O/c1-12(2)10-15-20-18(24-22-15)14-4-3-9-23(11-14)16-6-5-13-7-8-19-17(13)21-16/h5-8,12,14H,3-4,9-11H2,1-2H3,(H,19,21)/t14-/m1/s1. The van der Waals surface area contributed by atoms with Gasteiger partial charge in [-0.2, -0.15) is 4.98 Å². The van der Waals surface area contributed by atoms with Gasteiger partial charge in [0.25, 0.3) is 0 Å². The predicted octanol–water partition coefficient (Wildman–Crippen LogP) is 3.53. The molecule has 0 radical (unpaired) electrons. The summed E-state index contributed by atoms with van der Waals surface area (Å²) in [5.74, 6) is 3.43. The molecule has 4 heterocycles. The van der Waals surface area contributed by atoms with Gasteiger partial charge in [0.1, 0.15) is 11.5 Å². The van der Waals surface area contributed by atoms with Gasteiger partial charge in [-0.15, -0.1) is 0 Å². The van der Waals surface area contributed by atoms with E-state index >= 15 is 0 Å². The van der Waals surface area contributed by atoms with E-state index in [0.29, 0.717) is 5.92 Å². The normalized spacial score (nSPS) is 18.6. The van der Waals surface area contributed by atoms with Crippen LogP contribution in [0.1, 0.15) is 44.3 Å². The molecule has 3 aromatic rings. The van der Waals surface area contributed by atoms with Gasteiger partial charge in [-0.25, -0.2) is 4.98 Å². The van der Waals surface area contributed by atoms with Crippen LogP contribution in [0.5, 0.6) is 0 Å². The number of fused-ring (bicyclic) bond motifs is 1. The molecular formula is C18H23N5O. The van der Waals surface area contributed by atoms with Crippen molar-refractivity contribution >= 4 is 16.9 Å². The van der Waals surface area contributed by atoms with Gasteiger partial charge in [-0.3, -0.25) is 0 Å². The van der Waals surface area contributed by atoms with Gasteiger partial charge in [-0.1, -0.05) is 19.0 Å². The highest BCUT2D eigenvalue weighted by molar-refractivity contribution is 5.77. The zero-order valence-electron chi connectivity index (χ0n) is 14.2. The summed E-state index contributed by atoms with van der Waals surface area (Å²) >= 11 is 0. The third kappa shape index (κ3) is 3.00. The molecule has 1 fully saturated rings. The number of nitrogens with zero attached hydrogens (tertiary/aromatic N) is 4. The van der Waals surface area contributed by atoms with Crippen molar-refractivity contribution in [2.24, 2.45) is 5.92 Å². The molecule has 0 aliphatic carbocycles. The summed E-state index contributed by atoms with van der Waals surface area (Å²) in [6.07, 6.45) is 4.99. The fourth-order valence-corrected chi connectivity index (χ4v) is 3.36. The summed E-state index contributed by atoms with van der Waals surface area (Å²) in [7, 11) is 0. The first kappa shape index (κ1) is 15.2. The Hall–Kier alpha value is -2.37. The Bertz CT molecular complexity index is 822. The second kappa shape index (κ2) is 6.26. The van der Waals surface area contributed by atoms with Gasteiger partial charge in [0.05, 0.1) is 5.92 Å². The summed E-state index contributed by atoms with van der Waals surface area (Å²) < 4.78 is 5.53. The van der Waals surface area contributed by atoms with Crippen molar-refractivity contribution in [2.75, 3.05) is 18.0 Å². The number of pyridine rings is 1. The van der Waals surface area contributed by atoms with Crippen LogP contribution < -0.4 is 4.90 Å². The molecule has 1 atom stereocenters. The maximum absolute atomic E-state index is 5.53. The first-order valence-electron chi connectivity index (χ1n) is 8.70. The van der Waals surface area contributed by atoms with Crippen molar-refractivity contribution in [3.8, 4) is 0 Å². The number of piperidine rings is 1. The van der Waals surface area contributed by atoms with Crippen LogP contribution in [0.25, 0.3) is 11.0 Å². The Balaban J connectivity index is 1.51. The van der Waals surface area contributed by atoms with Gasteiger partial charge in [-0.05, 0) is 37.0 Å². The second-order valence-corrected chi connectivity index (χ2v) is 7.02. The molecule has 6 nitrogen and oxygen atoms in total. The van der Waals surface area contributed by atoms with Crippen molar-refractivity contribution in [3.05, 3.63) is 36.1 Å². The maximum Gasteiger partial charge on any atom is 0.231 e. The minimum Gasteiger partial charge on any atom is -0.356 e. The summed E-state index contributed by atoms with van der Waals surface area (Å²) in [4.78, 5) is 14.9. The lowest BCUT2D eigenvalue weighted by atomic mass is 9.98. The fourth-order valence-electron chi connectivity index (χ4n) is 3.36. The van der Waals surface area contributed by atoms with E-state index in [1.54, 1.807) is 0 Å². The highest BCUT2D eigenvalue weighted by atomic mass is 16.5. The van der Waals surface area contributed by atoms with Crippen LogP contribution in [-0.4, -0.2) is 33.2 Å². The van der Waals surface area contributed by atoms with Crippen LogP contribution in [0.2, 0.25) is 0 Å². The van der Waals surface area contributed by atoms with Gasteiger partial charge >= 0.3 is 0 Å². The number of hydrogen-bond donors (Lipinski definition) is 1. The third-order valence-corrected chi connectivity index (χ3v) is 4.56. The molecule has 1 aliphatic heterocycles. The number of rotatable bonds is 4. The molecule has 3 aromatic heterocycles. The molecule has 0 spiro atoms. The number of H-pyrrole nitrogens is 1. The average Bonchev–Trinajstić information content (AvgIpc) is 3.22. The van der Waals surface area contributed by atoms with E-state index in [2.05, 4.69) is 46.0 Å². The number of aromatic amines is 1.